The van der Waals surface area contributed by atoms with Gasteiger partial charge in [0.1, 0.15) is 11.2 Å². The first-order valence-corrected chi connectivity index (χ1v) is 15.7. The van der Waals surface area contributed by atoms with Crippen LogP contribution in [0.15, 0.2) is 156 Å². The number of hydrogen-bond donors (Lipinski definition) is 0. The molecule has 9 rings (SSSR count). The summed E-state index contributed by atoms with van der Waals surface area (Å²) in [5, 5.41) is 4.48. The SMILES string of the molecule is CC1C(c2nc(-c3ccccc3)nc(-c3cccc4oc5cc(-c6cccc7ccccc67)ccc5c34)n2)=CC=C2C=CC=CC21. The second-order valence-electron chi connectivity index (χ2n) is 12.0. The predicted molar refractivity (Wildman–Crippen MR) is 188 cm³/mol. The lowest BCUT2D eigenvalue weighted by atomic mass is 9.76. The molecule has 0 bridgehead atoms. The molecular formula is C42H29N3O. The van der Waals surface area contributed by atoms with Crippen LogP contribution in [0.3, 0.4) is 0 Å². The molecule has 0 N–H and O–H groups in total. The standard InChI is InChI=1S/C42H29N3O/c1-26-31-16-7-5-12-28(31)21-23-32(26)41-43-40(29-13-3-2-4-14-29)44-42(45-41)36-19-10-20-37-39(36)35-24-22-30(25-38(35)46-37)34-18-9-15-27-11-6-8-17-33(27)34/h2-26,31H,1H3. The fraction of sp³-hybridized carbons (Fsp3) is 0.0714. The molecule has 0 aliphatic heterocycles. The number of allylic oxidation sites excluding steroid dienone is 8. The molecule has 0 radical (unpaired) electrons. The molecule has 5 aromatic carbocycles. The number of fused-ring (bicyclic) bond motifs is 5. The second kappa shape index (κ2) is 10.6. The molecule has 218 valence electrons. The van der Waals surface area contributed by atoms with Crippen LogP contribution in [0.4, 0.5) is 0 Å². The summed E-state index contributed by atoms with van der Waals surface area (Å²) in [4.78, 5) is 15.3. The molecule has 0 amide bonds. The van der Waals surface area contributed by atoms with Crippen LogP contribution in [-0.2, 0) is 0 Å². The van der Waals surface area contributed by atoms with Crippen molar-refractivity contribution >= 4 is 38.3 Å². The minimum Gasteiger partial charge on any atom is -0.456 e. The van der Waals surface area contributed by atoms with E-state index < -0.39 is 0 Å². The lowest BCUT2D eigenvalue weighted by Gasteiger charge is -2.29. The van der Waals surface area contributed by atoms with Crippen molar-refractivity contribution in [3.8, 4) is 33.9 Å². The van der Waals surface area contributed by atoms with Gasteiger partial charge in [-0.3, -0.25) is 0 Å². The third kappa shape index (κ3) is 4.33. The van der Waals surface area contributed by atoms with E-state index in [1.807, 2.05) is 30.3 Å². The van der Waals surface area contributed by atoms with Gasteiger partial charge in [0.15, 0.2) is 17.5 Å². The summed E-state index contributed by atoms with van der Waals surface area (Å²) in [5.74, 6) is 2.51. The zero-order valence-corrected chi connectivity index (χ0v) is 25.3. The van der Waals surface area contributed by atoms with Crippen molar-refractivity contribution in [3.05, 3.63) is 157 Å². The van der Waals surface area contributed by atoms with Crippen LogP contribution in [0, 0.1) is 11.8 Å². The highest BCUT2D eigenvalue weighted by Crippen LogP contribution is 2.41. The first-order chi connectivity index (χ1) is 22.7. The highest BCUT2D eigenvalue weighted by Gasteiger charge is 2.28. The normalized spacial score (nSPS) is 17.3. The molecular weight excluding hydrogens is 562 g/mol. The first-order valence-electron chi connectivity index (χ1n) is 15.7. The summed E-state index contributed by atoms with van der Waals surface area (Å²) < 4.78 is 6.52. The van der Waals surface area contributed by atoms with Gasteiger partial charge in [0, 0.05) is 33.4 Å². The van der Waals surface area contributed by atoms with E-state index in [1.54, 1.807) is 0 Å². The molecule has 2 unspecified atom stereocenters. The van der Waals surface area contributed by atoms with Crippen molar-refractivity contribution in [3.63, 3.8) is 0 Å². The average molecular weight is 592 g/mol. The Morgan fingerprint density at radius 1 is 0.587 bits per heavy atom. The fourth-order valence-corrected chi connectivity index (χ4v) is 7.00. The van der Waals surface area contributed by atoms with Crippen LogP contribution in [0.5, 0.6) is 0 Å². The monoisotopic (exact) mass is 591 g/mol. The fourth-order valence-electron chi connectivity index (χ4n) is 7.00. The number of hydrogen-bond acceptors (Lipinski definition) is 4. The maximum Gasteiger partial charge on any atom is 0.164 e. The van der Waals surface area contributed by atoms with Gasteiger partial charge in [0.25, 0.3) is 0 Å². The number of aromatic nitrogens is 3. The molecule has 0 saturated heterocycles. The average Bonchev–Trinajstić information content (AvgIpc) is 3.50. The summed E-state index contributed by atoms with van der Waals surface area (Å²) in [6.07, 6.45) is 13.1. The molecule has 0 spiro atoms. The van der Waals surface area contributed by atoms with Gasteiger partial charge in [-0.15, -0.1) is 0 Å². The minimum absolute atomic E-state index is 0.220. The summed E-state index contributed by atoms with van der Waals surface area (Å²) >= 11 is 0. The van der Waals surface area contributed by atoms with E-state index in [0.29, 0.717) is 23.4 Å². The van der Waals surface area contributed by atoms with Crippen molar-refractivity contribution in [2.75, 3.05) is 0 Å². The number of nitrogens with zero attached hydrogens (tertiary/aromatic N) is 3. The van der Waals surface area contributed by atoms with E-state index in [2.05, 4.69) is 122 Å². The van der Waals surface area contributed by atoms with E-state index in [-0.39, 0.29) is 5.92 Å². The molecule has 0 saturated carbocycles. The Balaban J connectivity index is 1.23. The lowest BCUT2D eigenvalue weighted by Crippen LogP contribution is -2.19. The molecule has 0 fully saturated rings. The topological polar surface area (TPSA) is 51.8 Å². The lowest BCUT2D eigenvalue weighted by molar-refractivity contribution is 0.595. The molecule has 2 atom stereocenters. The smallest absolute Gasteiger partial charge is 0.164 e. The Kier molecular flexibility index (Phi) is 6.13. The predicted octanol–water partition coefficient (Wildman–Crippen LogP) is 10.6. The number of benzene rings is 5. The van der Waals surface area contributed by atoms with Gasteiger partial charge in [-0.1, -0.05) is 134 Å². The minimum atomic E-state index is 0.220. The van der Waals surface area contributed by atoms with Gasteiger partial charge < -0.3 is 4.42 Å². The summed E-state index contributed by atoms with van der Waals surface area (Å²) in [7, 11) is 0. The highest BCUT2D eigenvalue weighted by atomic mass is 16.3. The van der Waals surface area contributed by atoms with Crippen LogP contribution in [0.25, 0.3) is 72.2 Å². The van der Waals surface area contributed by atoms with Gasteiger partial charge in [-0.2, -0.15) is 0 Å². The van der Waals surface area contributed by atoms with Crippen molar-refractivity contribution in [2.45, 2.75) is 6.92 Å². The number of furan rings is 1. The third-order valence-electron chi connectivity index (χ3n) is 9.35. The highest BCUT2D eigenvalue weighted by molar-refractivity contribution is 6.13. The van der Waals surface area contributed by atoms with Gasteiger partial charge >= 0.3 is 0 Å². The Labute approximate surface area is 266 Å². The van der Waals surface area contributed by atoms with E-state index >= 15 is 0 Å². The van der Waals surface area contributed by atoms with Crippen molar-refractivity contribution < 1.29 is 4.42 Å². The Morgan fingerprint density at radius 3 is 2.30 bits per heavy atom. The molecule has 4 nitrogen and oxygen atoms in total. The van der Waals surface area contributed by atoms with Gasteiger partial charge in [0.05, 0.1) is 0 Å². The Bertz CT molecular complexity index is 2440. The van der Waals surface area contributed by atoms with Gasteiger partial charge in [-0.25, -0.2) is 15.0 Å². The molecule has 2 aliphatic carbocycles. The number of rotatable bonds is 4. The van der Waals surface area contributed by atoms with Gasteiger partial charge in [0.2, 0.25) is 0 Å². The van der Waals surface area contributed by atoms with E-state index in [0.717, 1.165) is 44.2 Å². The van der Waals surface area contributed by atoms with Crippen molar-refractivity contribution in [1.82, 2.24) is 15.0 Å². The van der Waals surface area contributed by atoms with E-state index in [4.69, 9.17) is 19.4 Å². The first kappa shape index (κ1) is 26.5. The van der Waals surface area contributed by atoms with Gasteiger partial charge in [-0.05, 0) is 51.6 Å². The Morgan fingerprint density at radius 2 is 1.37 bits per heavy atom. The molecule has 2 aromatic heterocycles. The zero-order chi connectivity index (χ0) is 30.6. The van der Waals surface area contributed by atoms with Crippen LogP contribution in [0.1, 0.15) is 12.7 Å². The largest absolute Gasteiger partial charge is 0.456 e. The molecule has 2 aliphatic rings. The Hall–Kier alpha value is -5.87. The van der Waals surface area contributed by atoms with Crippen LogP contribution < -0.4 is 0 Å². The van der Waals surface area contributed by atoms with Crippen LogP contribution >= 0.6 is 0 Å². The molecule has 46 heavy (non-hydrogen) atoms. The quantitative estimate of drug-likeness (QED) is 0.204. The van der Waals surface area contributed by atoms with E-state index in [9.17, 15) is 0 Å². The second-order valence-corrected chi connectivity index (χ2v) is 12.0. The van der Waals surface area contributed by atoms with Crippen LogP contribution in [0.2, 0.25) is 0 Å². The van der Waals surface area contributed by atoms with Crippen molar-refractivity contribution in [2.24, 2.45) is 11.8 Å². The maximum absolute atomic E-state index is 6.52. The van der Waals surface area contributed by atoms with E-state index in [1.165, 1.54) is 21.9 Å². The summed E-state index contributed by atoms with van der Waals surface area (Å²) in [6.45, 7) is 2.26. The third-order valence-corrected chi connectivity index (χ3v) is 9.35. The molecule has 2 heterocycles. The van der Waals surface area contributed by atoms with Crippen LogP contribution in [-0.4, -0.2) is 15.0 Å². The molecule has 7 aromatic rings. The van der Waals surface area contributed by atoms with Crippen molar-refractivity contribution in [1.29, 1.82) is 0 Å². The molecule has 4 heteroatoms. The summed E-state index contributed by atoms with van der Waals surface area (Å²) in [6, 6.07) is 37.7. The zero-order valence-electron chi connectivity index (χ0n) is 25.3. The summed E-state index contributed by atoms with van der Waals surface area (Å²) in [5.41, 5.74) is 8.26. The maximum atomic E-state index is 6.52.